The van der Waals surface area contributed by atoms with Crippen molar-refractivity contribution in [1.82, 2.24) is 10.9 Å². The number of hydrogen-bond donors (Lipinski definition) is 2. The highest BCUT2D eigenvalue weighted by Crippen LogP contribution is 2.28. The number of ether oxygens (including phenoxy) is 1. The third kappa shape index (κ3) is 3.86. The van der Waals surface area contributed by atoms with Gasteiger partial charge in [-0.2, -0.15) is 0 Å². The Labute approximate surface area is 142 Å². The first-order valence-corrected chi connectivity index (χ1v) is 8.32. The van der Waals surface area contributed by atoms with Crippen molar-refractivity contribution in [1.29, 1.82) is 0 Å². The fourth-order valence-electron chi connectivity index (χ4n) is 2.28. The Balaban J connectivity index is 1.44. The van der Waals surface area contributed by atoms with Crippen molar-refractivity contribution in [3.63, 3.8) is 0 Å². The number of amides is 2. The van der Waals surface area contributed by atoms with Crippen molar-refractivity contribution >= 4 is 23.6 Å². The molecule has 124 valence electrons. The van der Waals surface area contributed by atoms with Gasteiger partial charge in [-0.05, 0) is 23.8 Å². The molecule has 0 spiro atoms. The average Bonchev–Trinajstić information content (AvgIpc) is 3.03. The van der Waals surface area contributed by atoms with E-state index in [4.69, 9.17) is 4.74 Å². The van der Waals surface area contributed by atoms with Crippen LogP contribution in [0, 0.1) is 5.82 Å². The molecule has 2 N–H and O–H groups in total. The van der Waals surface area contributed by atoms with Crippen LogP contribution in [0.15, 0.2) is 53.4 Å². The summed E-state index contributed by atoms with van der Waals surface area (Å²) in [7, 11) is 0. The molecule has 0 bridgehead atoms. The molecule has 0 saturated carbocycles. The number of carbonyl (C=O) groups is 2. The molecule has 0 unspecified atom stereocenters. The summed E-state index contributed by atoms with van der Waals surface area (Å²) < 4.78 is 19.0. The summed E-state index contributed by atoms with van der Waals surface area (Å²) >= 11 is 1.06. The molecule has 0 aliphatic carbocycles. The van der Waals surface area contributed by atoms with E-state index in [1.165, 1.54) is 6.07 Å². The third-order valence-electron chi connectivity index (χ3n) is 3.46. The normalized spacial score (nSPS) is 15.3. The molecule has 7 heteroatoms. The van der Waals surface area contributed by atoms with Crippen LogP contribution in [0.5, 0.6) is 5.75 Å². The maximum absolute atomic E-state index is 13.4. The molecular weight excluding hydrogens is 331 g/mol. The summed E-state index contributed by atoms with van der Waals surface area (Å²) in [6.45, 7) is 0. The zero-order valence-corrected chi connectivity index (χ0v) is 13.4. The predicted molar refractivity (Wildman–Crippen MR) is 88.0 cm³/mol. The SMILES string of the molecule is O=C(CSc1ccccc1F)NNC(=O)[C@H]1Cc2ccccc2O1. The minimum absolute atomic E-state index is 0.00698. The van der Waals surface area contributed by atoms with E-state index < -0.39 is 17.9 Å². The van der Waals surface area contributed by atoms with E-state index in [9.17, 15) is 14.0 Å². The van der Waals surface area contributed by atoms with Crippen LogP contribution in [0.1, 0.15) is 5.56 Å². The van der Waals surface area contributed by atoms with Crippen LogP contribution in [0.25, 0.3) is 0 Å². The summed E-state index contributed by atoms with van der Waals surface area (Å²) in [5.41, 5.74) is 5.61. The zero-order valence-electron chi connectivity index (χ0n) is 12.6. The van der Waals surface area contributed by atoms with Crippen LogP contribution >= 0.6 is 11.8 Å². The van der Waals surface area contributed by atoms with Gasteiger partial charge in [0.15, 0.2) is 6.10 Å². The van der Waals surface area contributed by atoms with E-state index in [1.807, 2.05) is 18.2 Å². The number of carbonyl (C=O) groups excluding carboxylic acids is 2. The Morgan fingerprint density at radius 1 is 1.12 bits per heavy atom. The van der Waals surface area contributed by atoms with Crippen molar-refractivity contribution in [2.75, 3.05) is 5.75 Å². The maximum Gasteiger partial charge on any atom is 0.279 e. The molecule has 1 atom stereocenters. The molecule has 2 amide bonds. The molecule has 0 aromatic heterocycles. The minimum Gasteiger partial charge on any atom is -0.480 e. The lowest BCUT2D eigenvalue weighted by Crippen LogP contribution is -2.48. The average molecular weight is 346 g/mol. The summed E-state index contributed by atoms with van der Waals surface area (Å²) in [6, 6.07) is 13.6. The highest BCUT2D eigenvalue weighted by molar-refractivity contribution is 8.00. The smallest absolute Gasteiger partial charge is 0.279 e. The number of hydrogen-bond acceptors (Lipinski definition) is 4. The second kappa shape index (κ2) is 7.35. The summed E-state index contributed by atoms with van der Waals surface area (Å²) in [5, 5.41) is 0. The summed E-state index contributed by atoms with van der Waals surface area (Å²) in [5.74, 6) is -0.550. The number of para-hydroxylation sites is 1. The molecule has 0 fully saturated rings. The number of thioether (sulfide) groups is 1. The highest BCUT2D eigenvalue weighted by Gasteiger charge is 2.28. The number of nitrogens with one attached hydrogen (secondary N) is 2. The van der Waals surface area contributed by atoms with Gasteiger partial charge < -0.3 is 4.74 Å². The van der Waals surface area contributed by atoms with Crippen molar-refractivity contribution in [2.45, 2.75) is 17.4 Å². The Kier molecular flexibility index (Phi) is 5.00. The molecule has 1 aliphatic heterocycles. The fourth-order valence-corrected chi connectivity index (χ4v) is 3.02. The Morgan fingerprint density at radius 3 is 2.67 bits per heavy atom. The quantitative estimate of drug-likeness (QED) is 0.657. The molecule has 2 aromatic rings. The summed E-state index contributed by atoms with van der Waals surface area (Å²) in [4.78, 5) is 24.2. The van der Waals surface area contributed by atoms with E-state index in [1.54, 1.807) is 24.3 Å². The topological polar surface area (TPSA) is 67.4 Å². The molecule has 1 aliphatic rings. The monoisotopic (exact) mass is 346 g/mol. The van der Waals surface area contributed by atoms with E-state index in [-0.39, 0.29) is 11.6 Å². The molecule has 1 heterocycles. The zero-order chi connectivity index (χ0) is 16.9. The van der Waals surface area contributed by atoms with Crippen molar-refractivity contribution in [3.8, 4) is 5.75 Å². The molecule has 2 aromatic carbocycles. The molecule has 24 heavy (non-hydrogen) atoms. The van der Waals surface area contributed by atoms with Gasteiger partial charge in [-0.25, -0.2) is 4.39 Å². The van der Waals surface area contributed by atoms with Crippen LogP contribution in [0.4, 0.5) is 4.39 Å². The maximum atomic E-state index is 13.4. The van der Waals surface area contributed by atoms with E-state index in [2.05, 4.69) is 10.9 Å². The Hall–Kier alpha value is -2.54. The Morgan fingerprint density at radius 2 is 1.88 bits per heavy atom. The largest absolute Gasteiger partial charge is 0.480 e. The highest BCUT2D eigenvalue weighted by atomic mass is 32.2. The molecular formula is C17H15FN2O3S. The van der Waals surface area contributed by atoms with Gasteiger partial charge in [-0.15, -0.1) is 11.8 Å². The van der Waals surface area contributed by atoms with Gasteiger partial charge >= 0.3 is 0 Å². The van der Waals surface area contributed by atoms with Crippen LogP contribution in [0.2, 0.25) is 0 Å². The van der Waals surface area contributed by atoms with Crippen LogP contribution in [0.3, 0.4) is 0 Å². The van der Waals surface area contributed by atoms with Gasteiger partial charge in [0.2, 0.25) is 5.91 Å². The van der Waals surface area contributed by atoms with Gasteiger partial charge in [0, 0.05) is 11.3 Å². The van der Waals surface area contributed by atoms with E-state index >= 15 is 0 Å². The number of rotatable bonds is 4. The van der Waals surface area contributed by atoms with Gasteiger partial charge in [0.1, 0.15) is 11.6 Å². The summed E-state index contributed by atoms with van der Waals surface area (Å²) in [6.07, 6.45) is -0.205. The number of hydrazine groups is 1. The molecule has 5 nitrogen and oxygen atoms in total. The van der Waals surface area contributed by atoms with Crippen LogP contribution < -0.4 is 15.6 Å². The molecule has 0 saturated heterocycles. The van der Waals surface area contributed by atoms with Gasteiger partial charge in [-0.3, -0.25) is 20.4 Å². The second-order valence-electron chi connectivity index (χ2n) is 5.17. The predicted octanol–water partition coefficient (Wildman–Crippen LogP) is 2.07. The van der Waals surface area contributed by atoms with Crippen molar-refractivity contribution < 1.29 is 18.7 Å². The van der Waals surface area contributed by atoms with Gasteiger partial charge in [0.25, 0.3) is 5.91 Å². The van der Waals surface area contributed by atoms with Crippen LogP contribution in [-0.4, -0.2) is 23.7 Å². The van der Waals surface area contributed by atoms with Crippen molar-refractivity contribution in [3.05, 3.63) is 59.9 Å². The fraction of sp³-hybridized carbons (Fsp3) is 0.176. The van der Waals surface area contributed by atoms with Crippen LogP contribution in [-0.2, 0) is 16.0 Å². The molecule has 0 radical (unpaired) electrons. The van der Waals surface area contributed by atoms with E-state index in [0.29, 0.717) is 17.1 Å². The lowest BCUT2D eigenvalue weighted by atomic mass is 10.1. The van der Waals surface area contributed by atoms with Crippen molar-refractivity contribution in [2.24, 2.45) is 0 Å². The lowest BCUT2D eigenvalue weighted by Gasteiger charge is -2.12. The first-order chi connectivity index (χ1) is 11.6. The first-order valence-electron chi connectivity index (χ1n) is 7.34. The third-order valence-corrected chi connectivity index (χ3v) is 4.51. The number of benzene rings is 2. The molecule has 3 rings (SSSR count). The second-order valence-corrected chi connectivity index (χ2v) is 6.19. The first kappa shape index (κ1) is 16.3. The minimum atomic E-state index is -0.665. The number of halogens is 1. The Bertz CT molecular complexity index is 744. The lowest BCUT2D eigenvalue weighted by molar-refractivity contribution is -0.131. The number of fused-ring (bicyclic) bond motifs is 1. The van der Waals surface area contributed by atoms with Gasteiger partial charge in [-0.1, -0.05) is 30.3 Å². The van der Waals surface area contributed by atoms with Gasteiger partial charge in [0.05, 0.1) is 5.75 Å². The standard InChI is InChI=1S/C17H15FN2O3S/c18-12-6-2-4-8-15(12)24-10-16(21)19-20-17(22)14-9-11-5-1-3-7-13(11)23-14/h1-8,14H,9-10H2,(H,19,21)(H,20,22)/t14-/m1/s1. The van der Waals surface area contributed by atoms with E-state index in [0.717, 1.165) is 17.3 Å².